The molecule has 10 aromatic rings. The minimum Gasteiger partial charge on any atom is -0.284 e. The van der Waals surface area contributed by atoms with Crippen LogP contribution in [0.25, 0.3) is 95.0 Å². The molecule has 0 unspecified atom stereocenters. The zero-order valence-electron chi connectivity index (χ0n) is 28.6. The van der Waals surface area contributed by atoms with Crippen molar-refractivity contribution >= 4 is 27.6 Å². The van der Waals surface area contributed by atoms with Gasteiger partial charge in [-0.3, -0.25) is 4.40 Å². The molecule has 4 aromatic heterocycles. The number of hydrogen-bond acceptors (Lipinski definition) is 4. The Labute approximate surface area is 306 Å². The molecule has 53 heavy (non-hydrogen) atoms. The van der Waals surface area contributed by atoms with Crippen molar-refractivity contribution in [3.05, 3.63) is 188 Å². The Bertz CT molecular complexity index is 2920. The molecule has 0 spiro atoms. The van der Waals surface area contributed by atoms with E-state index in [4.69, 9.17) is 19.9 Å². The summed E-state index contributed by atoms with van der Waals surface area (Å²) in [7, 11) is 0. The Balaban J connectivity index is 1.00. The maximum atomic E-state index is 5.17. The molecule has 0 radical (unpaired) electrons. The van der Waals surface area contributed by atoms with Crippen LogP contribution in [0.4, 0.5) is 0 Å². The average Bonchev–Trinajstić information content (AvgIpc) is 3.63. The maximum Gasteiger partial charge on any atom is 0.165 e. The Morgan fingerprint density at radius 1 is 0.340 bits per heavy atom. The summed E-state index contributed by atoms with van der Waals surface area (Å²) in [4.78, 5) is 20.3. The Morgan fingerprint density at radius 2 is 0.887 bits per heavy atom. The summed E-state index contributed by atoms with van der Waals surface area (Å²) >= 11 is 0. The highest BCUT2D eigenvalue weighted by atomic mass is 15.1. The Morgan fingerprint density at radius 3 is 1.62 bits per heavy atom. The van der Waals surface area contributed by atoms with Gasteiger partial charge in [-0.05, 0) is 46.5 Å². The van der Waals surface area contributed by atoms with E-state index >= 15 is 0 Å². The molecule has 0 N–H and O–H groups in total. The van der Waals surface area contributed by atoms with Gasteiger partial charge in [0.1, 0.15) is 11.2 Å². The minimum atomic E-state index is 0.689. The van der Waals surface area contributed by atoms with Crippen LogP contribution in [-0.4, -0.2) is 24.3 Å². The molecule has 0 fully saturated rings. The van der Waals surface area contributed by atoms with E-state index in [0.717, 1.165) is 83.6 Å². The van der Waals surface area contributed by atoms with Crippen LogP contribution in [0.1, 0.15) is 0 Å². The lowest BCUT2D eigenvalue weighted by Crippen LogP contribution is -1.96. The molecule has 5 heteroatoms. The lowest BCUT2D eigenvalue weighted by Gasteiger charge is -2.11. The molecule has 0 saturated carbocycles. The SMILES string of the molecule is c1ccc(-c2cccc(-c3cc(-c4ccccc4)nc(-c4ccc(-c5ccc(-c6nc7c(nc8ccccn87)c7ccccc67)cc5)cc4)n3)c2)cc1. The third-order valence-corrected chi connectivity index (χ3v) is 9.86. The predicted octanol–water partition coefficient (Wildman–Crippen LogP) is 11.8. The Kier molecular flexibility index (Phi) is 7.40. The average molecular weight is 678 g/mol. The second-order valence-electron chi connectivity index (χ2n) is 13.1. The number of fused-ring (bicyclic) bond motifs is 5. The summed E-state index contributed by atoms with van der Waals surface area (Å²) in [5, 5.41) is 2.19. The lowest BCUT2D eigenvalue weighted by molar-refractivity contribution is 1.18. The third-order valence-electron chi connectivity index (χ3n) is 9.86. The minimum absolute atomic E-state index is 0.689. The monoisotopic (exact) mass is 677 g/mol. The Hall–Kier alpha value is -7.24. The van der Waals surface area contributed by atoms with E-state index in [2.05, 4.69) is 144 Å². The largest absolute Gasteiger partial charge is 0.284 e. The standard InChI is InChI=1S/C48H31N5/c1-3-12-32(13-4-1)38-16-11-17-39(30-38)43-31-42(35-14-5-2-6-15-35)49-47(50-43)37-27-23-34(24-28-37)33-21-25-36(26-22-33)45-40-18-7-8-19-41(40)46-48(52-45)53-29-10-9-20-44(53)51-46/h1-31H. The van der Waals surface area contributed by atoms with Gasteiger partial charge in [0.05, 0.1) is 17.1 Å². The summed E-state index contributed by atoms with van der Waals surface area (Å²) in [5.41, 5.74) is 14.1. The molecule has 0 amide bonds. The van der Waals surface area contributed by atoms with Gasteiger partial charge >= 0.3 is 0 Å². The second kappa shape index (κ2) is 12.8. The summed E-state index contributed by atoms with van der Waals surface area (Å²) in [6.07, 6.45) is 2.02. The fraction of sp³-hybridized carbons (Fsp3) is 0. The van der Waals surface area contributed by atoms with Crippen molar-refractivity contribution in [2.45, 2.75) is 0 Å². The molecule has 0 saturated heterocycles. The highest BCUT2D eigenvalue weighted by Gasteiger charge is 2.16. The van der Waals surface area contributed by atoms with Gasteiger partial charge in [-0.1, -0.05) is 158 Å². The molecule has 5 nitrogen and oxygen atoms in total. The van der Waals surface area contributed by atoms with Crippen LogP contribution in [-0.2, 0) is 0 Å². The molecule has 6 aromatic carbocycles. The fourth-order valence-electron chi connectivity index (χ4n) is 7.15. The van der Waals surface area contributed by atoms with Gasteiger partial charge in [0, 0.05) is 39.2 Å². The summed E-state index contributed by atoms with van der Waals surface area (Å²) < 4.78 is 2.06. The maximum absolute atomic E-state index is 5.17. The highest BCUT2D eigenvalue weighted by Crippen LogP contribution is 2.35. The van der Waals surface area contributed by atoms with E-state index in [-0.39, 0.29) is 0 Å². The number of benzene rings is 6. The second-order valence-corrected chi connectivity index (χ2v) is 13.1. The summed E-state index contributed by atoms with van der Waals surface area (Å²) in [6, 6.07) is 63.0. The van der Waals surface area contributed by atoms with Gasteiger partial charge < -0.3 is 0 Å². The van der Waals surface area contributed by atoms with Crippen LogP contribution in [0.2, 0.25) is 0 Å². The third kappa shape index (κ3) is 5.61. The van der Waals surface area contributed by atoms with Crippen molar-refractivity contribution in [1.82, 2.24) is 24.3 Å². The molecule has 0 aliphatic heterocycles. The van der Waals surface area contributed by atoms with E-state index in [1.54, 1.807) is 0 Å². The smallest absolute Gasteiger partial charge is 0.165 e. The molecule has 10 rings (SSSR count). The highest BCUT2D eigenvalue weighted by molar-refractivity contribution is 6.09. The molecular formula is C48H31N5. The molecule has 248 valence electrons. The van der Waals surface area contributed by atoms with Gasteiger partial charge in [0.2, 0.25) is 0 Å². The topological polar surface area (TPSA) is 56.0 Å². The van der Waals surface area contributed by atoms with E-state index in [1.807, 2.05) is 48.7 Å². The number of aromatic nitrogens is 5. The van der Waals surface area contributed by atoms with Gasteiger partial charge in [-0.25, -0.2) is 19.9 Å². The van der Waals surface area contributed by atoms with Crippen molar-refractivity contribution < 1.29 is 0 Å². The van der Waals surface area contributed by atoms with Crippen molar-refractivity contribution in [2.75, 3.05) is 0 Å². The normalized spacial score (nSPS) is 11.4. The van der Waals surface area contributed by atoms with Crippen molar-refractivity contribution in [1.29, 1.82) is 0 Å². The number of hydrogen-bond donors (Lipinski definition) is 0. The van der Waals surface area contributed by atoms with Crippen LogP contribution in [0, 0.1) is 0 Å². The summed E-state index contributed by atoms with van der Waals surface area (Å²) in [6.45, 7) is 0. The lowest BCUT2D eigenvalue weighted by atomic mass is 9.99. The number of imidazole rings is 1. The quantitative estimate of drug-likeness (QED) is 0.176. The van der Waals surface area contributed by atoms with Crippen molar-refractivity contribution in [3.63, 3.8) is 0 Å². The van der Waals surface area contributed by atoms with E-state index in [1.165, 1.54) is 5.56 Å². The molecule has 0 aliphatic carbocycles. The number of nitrogens with zero attached hydrogens (tertiary/aromatic N) is 5. The molecule has 0 atom stereocenters. The van der Waals surface area contributed by atoms with E-state index < -0.39 is 0 Å². The molecule has 0 aliphatic rings. The first-order valence-corrected chi connectivity index (χ1v) is 17.7. The molecular weight excluding hydrogens is 647 g/mol. The van der Waals surface area contributed by atoms with Crippen LogP contribution in [0.5, 0.6) is 0 Å². The first-order chi connectivity index (χ1) is 26.2. The van der Waals surface area contributed by atoms with Gasteiger partial charge in [-0.15, -0.1) is 0 Å². The van der Waals surface area contributed by atoms with E-state index in [9.17, 15) is 0 Å². The fourth-order valence-corrected chi connectivity index (χ4v) is 7.15. The predicted molar refractivity (Wildman–Crippen MR) is 216 cm³/mol. The summed E-state index contributed by atoms with van der Waals surface area (Å²) in [5.74, 6) is 0.689. The van der Waals surface area contributed by atoms with Crippen molar-refractivity contribution in [3.8, 4) is 67.4 Å². The van der Waals surface area contributed by atoms with Crippen LogP contribution in [0.3, 0.4) is 0 Å². The van der Waals surface area contributed by atoms with E-state index in [0.29, 0.717) is 5.82 Å². The van der Waals surface area contributed by atoms with Gasteiger partial charge in [-0.2, -0.15) is 0 Å². The zero-order chi connectivity index (χ0) is 35.1. The molecule has 4 heterocycles. The van der Waals surface area contributed by atoms with Crippen LogP contribution in [0.15, 0.2) is 188 Å². The zero-order valence-corrected chi connectivity index (χ0v) is 28.6. The van der Waals surface area contributed by atoms with Gasteiger partial charge in [0.25, 0.3) is 0 Å². The number of pyridine rings is 2. The van der Waals surface area contributed by atoms with Crippen LogP contribution < -0.4 is 0 Å². The first-order valence-electron chi connectivity index (χ1n) is 17.7. The first kappa shape index (κ1) is 30.6. The number of rotatable bonds is 6. The van der Waals surface area contributed by atoms with Crippen LogP contribution >= 0.6 is 0 Å². The van der Waals surface area contributed by atoms with Crippen molar-refractivity contribution in [2.24, 2.45) is 0 Å². The van der Waals surface area contributed by atoms with Gasteiger partial charge in [0.15, 0.2) is 11.5 Å². The molecule has 0 bridgehead atoms.